The molecule has 0 amide bonds. The number of nitrogens with zero attached hydrogens (tertiary/aromatic N) is 3. The lowest BCUT2D eigenvalue weighted by Gasteiger charge is -2.26. The monoisotopic (exact) mass is 421 g/mol. The minimum absolute atomic E-state index is 0.0109. The van der Waals surface area contributed by atoms with Gasteiger partial charge in [-0.3, -0.25) is 14.4 Å². The molecule has 164 valence electrons. The van der Waals surface area contributed by atoms with Crippen molar-refractivity contribution in [3.05, 3.63) is 70.0 Å². The molecule has 0 bridgehead atoms. The third kappa shape index (κ3) is 5.33. The molecular weight excluding hydrogens is 390 g/mol. The summed E-state index contributed by atoms with van der Waals surface area (Å²) in [4.78, 5) is 19.9. The van der Waals surface area contributed by atoms with Crippen molar-refractivity contribution in [1.29, 1.82) is 0 Å². The van der Waals surface area contributed by atoms with Crippen LogP contribution in [0.1, 0.15) is 25.0 Å². The van der Waals surface area contributed by atoms with Crippen LogP contribution < -0.4 is 10.3 Å². The Bertz CT molecular complexity index is 1130. The molecule has 0 atom stereocenters. The zero-order chi connectivity index (χ0) is 22.6. The summed E-state index contributed by atoms with van der Waals surface area (Å²) in [6.45, 7) is 6.08. The van der Waals surface area contributed by atoms with Crippen LogP contribution in [0.2, 0.25) is 0 Å². The third-order valence-corrected chi connectivity index (χ3v) is 5.17. The van der Waals surface area contributed by atoms with Crippen LogP contribution in [0.4, 0.5) is 0 Å². The fourth-order valence-corrected chi connectivity index (χ4v) is 3.89. The Morgan fingerprint density at radius 3 is 2.35 bits per heavy atom. The summed E-state index contributed by atoms with van der Waals surface area (Å²) in [6, 6.07) is 14.8. The summed E-state index contributed by atoms with van der Waals surface area (Å²) < 4.78 is 6.60. The molecule has 0 aliphatic carbocycles. The van der Waals surface area contributed by atoms with Gasteiger partial charge >= 0.3 is 0 Å². The van der Waals surface area contributed by atoms with E-state index in [0.29, 0.717) is 22.9 Å². The highest BCUT2D eigenvalue weighted by atomic mass is 16.5. The number of hydrogen-bond acceptors (Lipinski definition) is 5. The highest BCUT2D eigenvalue weighted by Gasteiger charge is 2.19. The number of hydrogen-bond donors (Lipinski definition) is 1. The van der Waals surface area contributed by atoms with E-state index in [9.17, 15) is 9.90 Å². The smallest absolute Gasteiger partial charge is 0.261 e. The second-order valence-corrected chi connectivity index (χ2v) is 8.89. The first-order valence-electron chi connectivity index (χ1n) is 10.3. The Morgan fingerprint density at radius 2 is 1.74 bits per heavy atom. The minimum atomic E-state index is -0.228. The highest BCUT2D eigenvalue weighted by Crippen LogP contribution is 2.25. The van der Waals surface area contributed by atoms with Crippen molar-refractivity contribution in [2.24, 2.45) is 10.4 Å². The third-order valence-electron chi connectivity index (χ3n) is 5.17. The van der Waals surface area contributed by atoms with E-state index in [1.165, 1.54) is 4.57 Å². The summed E-state index contributed by atoms with van der Waals surface area (Å²) in [7, 11) is 5.69. The normalized spacial score (nSPS) is 12.2. The summed E-state index contributed by atoms with van der Waals surface area (Å²) in [5, 5.41) is 12.3. The maximum atomic E-state index is 13.1. The first kappa shape index (κ1) is 22.6. The van der Waals surface area contributed by atoms with E-state index >= 15 is 0 Å². The molecule has 0 unspecified atom stereocenters. The Labute approximate surface area is 183 Å². The van der Waals surface area contributed by atoms with E-state index < -0.39 is 0 Å². The van der Waals surface area contributed by atoms with Crippen molar-refractivity contribution in [2.75, 3.05) is 34.3 Å². The van der Waals surface area contributed by atoms with E-state index in [-0.39, 0.29) is 23.4 Å². The number of fused-ring (bicyclic) bond motifs is 1. The first-order valence-corrected chi connectivity index (χ1v) is 10.3. The van der Waals surface area contributed by atoms with Crippen LogP contribution in [0.25, 0.3) is 10.8 Å². The first-order chi connectivity index (χ1) is 14.7. The van der Waals surface area contributed by atoms with Crippen LogP contribution >= 0.6 is 0 Å². The second kappa shape index (κ2) is 9.35. The van der Waals surface area contributed by atoms with Gasteiger partial charge < -0.3 is 14.7 Å². The predicted octanol–water partition coefficient (Wildman–Crippen LogP) is 3.77. The fraction of sp³-hybridized carbons (Fsp3) is 0.360. The number of benzene rings is 2. The van der Waals surface area contributed by atoms with Gasteiger partial charge in [-0.15, -0.1) is 0 Å². The van der Waals surface area contributed by atoms with Gasteiger partial charge in [0.15, 0.2) is 0 Å². The van der Waals surface area contributed by atoms with Crippen molar-refractivity contribution >= 4 is 17.0 Å². The zero-order valence-corrected chi connectivity index (χ0v) is 18.9. The molecule has 2 aromatic carbocycles. The number of rotatable bonds is 8. The van der Waals surface area contributed by atoms with Crippen LogP contribution in [0.5, 0.6) is 11.6 Å². The lowest BCUT2D eigenvalue weighted by molar-refractivity contribution is 0.249. The molecule has 3 aromatic rings. The molecule has 6 heteroatoms. The van der Waals surface area contributed by atoms with Crippen LogP contribution in [0.3, 0.4) is 0 Å². The van der Waals surface area contributed by atoms with Gasteiger partial charge in [0.2, 0.25) is 5.88 Å². The largest absolute Gasteiger partial charge is 0.497 e. The van der Waals surface area contributed by atoms with E-state index in [4.69, 9.17) is 4.74 Å². The van der Waals surface area contributed by atoms with Crippen molar-refractivity contribution in [2.45, 2.75) is 20.4 Å². The summed E-state index contributed by atoms with van der Waals surface area (Å²) in [6.07, 6.45) is 1.69. The molecule has 0 saturated carbocycles. The van der Waals surface area contributed by atoms with E-state index in [1.54, 1.807) is 19.4 Å². The Hall–Kier alpha value is -3.12. The second-order valence-electron chi connectivity index (χ2n) is 8.89. The maximum absolute atomic E-state index is 13.1. The summed E-state index contributed by atoms with van der Waals surface area (Å²) in [5.41, 5.74) is 1.21. The van der Waals surface area contributed by atoms with Crippen LogP contribution in [0, 0.1) is 5.41 Å². The van der Waals surface area contributed by atoms with Crippen molar-refractivity contribution in [1.82, 2.24) is 9.47 Å². The molecule has 1 N–H and O–H groups in total. The molecule has 0 aliphatic rings. The van der Waals surface area contributed by atoms with Crippen LogP contribution in [0.15, 0.2) is 58.3 Å². The van der Waals surface area contributed by atoms with Gasteiger partial charge in [-0.2, -0.15) is 0 Å². The van der Waals surface area contributed by atoms with Crippen LogP contribution in [-0.2, 0) is 6.54 Å². The van der Waals surface area contributed by atoms with Crippen LogP contribution in [-0.4, -0.2) is 55.1 Å². The van der Waals surface area contributed by atoms with Crippen molar-refractivity contribution in [3.8, 4) is 11.6 Å². The predicted molar refractivity (Wildman–Crippen MR) is 127 cm³/mol. The molecular formula is C25H31N3O3. The minimum Gasteiger partial charge on any atom is -0.497 e. The van der Waals surface area contributed by atoms with Gasteiger partial charge in [-0.25, -0.2) is 0 Å². The quantitative estimate of drug-likeness (QED) is 0.562. The molecule has 0 saturated heterocycles. The highest BCUT2D eigenvalue weighted by molar-refractivity contribution is 6.01. The molecule has 1 heterocycles. The van der Waals surface area contributed by atoms with E-state index in [2.05, 4.69) is 23.7 Å². The standard InChI is InChI=1S/C25H31N3O3/c1-25(2,17-27(3)4)16-26-14-22-20-8-6-7-9-21(20)23(29)28(24(22)30)15-18-10-12-19(31-5)13-11-18/h6-14,30H,15-17H2,1-5H3. The number of pyridine rings is 1. The number of ether oxygens (including phenoxy) is 1. The van der Waals surface area contributed by atoms with Gasteiger partial charge in [0.1, 0.15) is 5.75 Å². The molecule has 6 nitrogen and oxygen atoms in total. The van der Waals surface area contributed by atoms with E-state index in [0.717, 1.165) is 17.9 Å². The molecule has 0 spiro atoms. The lowest BCUT2D eigenvalue weighted by Crippen LogP contribution is -2.31. The molecule has 0 aliphatic heterocycles. The topological polar surface area (TPSA) is 67.1 Å². The average molecular weight is 422 g/mol. The fourth-order valence-electron chi connectivity index (χ4n) is 3.89. The maximum Gasteiger partial charge on any atom is 0.261 e. The molecule has 3 rings (SSSR count). The Morgan fingerprint density at radius 1 is 1.10 bits per heavy atom. The Balaban J connectivity index is 2.02. The van der Waals surface area contributed by atoms with Crippen molar-refractivity contribution < 1.29 is 9.84 Å². The number of aliphatic imine (C=N–C) groups is 1. The number of aromatic hydroxyl groups is 1. The van der Waals surface area contributed by atoms with Gasteiger partial charge in [0.25, 0.3) is 5.56 Å². The molecule has 0 radical (unpaired) electrons. The average Bonchev–Trinajstić information content (AvgIpc) is 2.73. The van der Waals surface area contributed by atoms with Crippen molar-refractivity contribution in [3.63, 3.8) is 0 Å². The van der Waals surface area contributed by atoms with Gasteiger partial charge in [0, 0.05) is 30.1 Å². The lowest BCUT2D eigenvalue weighted by atomic mass is 9.93. The van der Waals surface area contributed by atoms with Gasteiger partial charge in [-0.05, 0) is 43.3 Å². The van der Waals surface area contributed by atoms with Gasteiger partial charge in [-0.1, -0.05) is 44.2 Å². The SMILES string of the molecule is COc1ccc(Cn2c(O)c(C=NCC(C)(C)CN(C)C)c3ccccc3c2=O)cc1. The van der Waals surface area contributed by atoms with Gasteiger partial charge in [0.05, 0.1) is 19.2 Å². The number of aromatic nitrogens is 1. The summed E-state index contributed by atoms with van der Waals surface area (Å²) in [5.74, 6) is 0.667. The zero-order valence-electron chi connectivity index (χ0n) is 18.9. The molecule has 1 aromatic heterocycles. The number of methoxy groups -OCH3 is 1. The molecule has 31 heavy (non-hydrogen) atoms. The summed E-state index contributed by atoms with van der Waals surface area (Å²) >= 11 is 0. The van der Waals surface area contributed by atoms with E-state index in [1.807, 2.05) is 56.6 Å². The molecule has 0 fully saturated rings. The Kier molecular flexibility index (Phi) is 6.81.